The van der Waals surface area contributed by atoms with Crippen LogP contribution in [0.25, 0.3) is 21.6 Å². The Morgan fingerprint density at radius 1 is 1.08 bits per heavy atom. The summed E-state index contributed by atoms with van der Waals surface area (Å²) in [5, 5.41) is 5.47. The molecule has 4 rings (SSSR count). The highest BCUT2D eigenvalue weighted by Gasteiger charge is 2.29. The van der Waals surface area contributed by atoms with Crippen LogP contribution in [0.15, 0.2) is 48.0 Å². The lowest BCUT2D eigenvalue weighted by Gasteiger charge is -2.22. The molecule has 0 unspecified atom stereocenters. The van der Waals surface area contributed by atoms with Gasteiger partial charge in [0, 0.05) is 51.4 Å². The van der Waals surface area contributed by atoms with Crippen LogP contribution >= 0.6 is 22.9 Å². The van der Waals surface area contributed by atoms with E-state index in [1.54, 1.807) is 22.3 Å². The zero-order valence-corrected chi connectivity index (χ0v) is 23.8. The van der Waals surface area contributed by atoms with Crippen LogP contribution in [0.5, 0.6) is 0 Å². The summed E-state index contributed by atoms with van der Waals surface area (Å²) in [6.45, 7) is 12.9. The van der Waals surface area contributed by atoms with Crippen LogP contribution in [0.4, 0.5) is 4.79 Å². The minimum absolute atomic E-state index is 0.0249. The van der Waals surface area contributed by atoms with Gasteiger partial charge in [-0.25, -0.2) is 4.79 Å². The molecule has 1 fully saturated rings. The molecule has 0 spiro atoms. The van der Waals surface area contributed by atoms with E-state index in [0.29, 0.717) is 30.1 Å². The SMILES string of the molecule is CC(C)(C)OC(=O)N[C@@H]1CCN(C(=O)c2ccc(-c3csc(-c4ccnc(C(C)(C)C)c4)c3)c(Cl)c2)C1. The number of nitrogens with zero attached hydrogens (tertiary/aromatic N) is 2. The van der Waals surface area contributed by atoms with Crippen LogP contribution in [-0.2, 0) is 10.2 Å². The number of nitrogens with one attached hydrogen (secondary N) is 1. The summed E-state index contributed by atoms with van der Waals surface area (Å²) in [6.07, 6.45) is 2.07. The van der Waals surface area contributed by atoms with Crippen molar-refractivity contribution in [2.45, 2.75) is 65.0 Å². The maximum Gasteiger partial charge on any atom is 0.407 e. The van der Waals surface area contributed by atoms with Gasteiger partial charge in [-0.1, -0.05) is 38.4 Å². The fraction of sp³-hybridized carbons (Fsp3) is 0.414. The van der Waals surface area contributed by atoms with Gasteiger partial charge in [0.2, 0.25) is 0 Å². The number of benzene rings is 1. The Kier molecular flexibility index (Phi) is 7.67. The highest BCUT2D eigenvalue weighted by molar-refractivity contribution is 7.14. The number of amides is 2. The van der Waals surface area contributed by atoms with Gasteiger partial charge in [-0.05, 0) is 74.0 Å². The first-order valence-corrected chi connectivity index (χ1v) is 13.7. The first kappa shape index (κ1) is 27.1. The van der Waals surface area contributed by atoms with Gasteiger partial charge in [0.25, 0.3) is 5.91 Å². The molecule has 1 aromatic carbocycles. The Hall–Kier alpha value is -2.90. The van der Waals surface area contributed by atoms with E-state index in [1.165, 1.54) is 0 Å². The molecule has 6 nitrogen and oxygen atoms in total. The van der Waals surface area contributed by atoms with Gasteiger partial charge in [0.05, 0.1) is 6.04 Å². The second kappa shape index (κ2) is 10.5. The van der Waals surface area contributed by atoms with Crippen molar-refractivity contribution in [2.24, 2.45) is 0 Å². The number of likely N-dealkylation sites (tertiary alicyclic amines) is 1. The molecule has 1 atom stereocenters. The molecule has 1 N–H and O–H groups in total. The minimum Gasteiger partial charge on any atom is -0.444 e. The number of alkyl carbamates (subject to hydrolysis) is 1. The molecular weight excluding hydrogens is 506 g/mol. The number of carbonyl (C=O) groups is 2. The zero-order valence-electron chi connectivity index (χ0n) is 22.2. The molecule has 2 amide bonds. The van der Waals surface area contributed by atoms with Crippen molar-refractivity contribution in [2.75, 3.05) is 13.1 Å². The Bertz CT molecular complexity index is 1310. The number of hydrogen-bond acceptors (Lipinski definition) is 5. The average molecular weight is 540 g/mol. The van der Waals surface area contributed by atoms with Crippen molar-refractivity contribution < 1.29 is 14.3 Å². The summed E-state index contributed by atoms with van der Waals surface area (Å²) in [7, 11) is 0. The number of rotatable bonds is 4. The van der Waals surface area contributed by atoms with Crippen molar-refractivity contribution in [3.05, 3.63) is 64.3 Å². The predicted molar refractivity (Wildman–Crippen MR) is 150 cm³/mol. The molecule has 8 heteroatoms. The molecule has 3 aromatic rings. The summed E-state index contributed by atoms with van der Waals surface area (Å²) in [5.41, 5.74) is 4.02. The van der Waals surface area contributed by atoms with Crippen molar-refractivity contribution in [1.82, 2.24) is 15.2 Å². The quantitative estimate of drug-likeness (QED) is 0.381. The Labute approximate surface area is 228 Å². The van der Waals surface area contributed by atoms with Crippen molar-refractivity contribution in [3.63, 3.8) is 0 Å². The molecule has 37 heavy (non-hydrogen) atoms. The molecule has 0 radical (unpaired) electrons. The van der Waals surface area contributed by atoms with Crippen LogP contribution in [0.1, 0.15) is 64.0 Å². The van der Waals surface area contributed by atoms with E-state index in [4.69, 9.17) is 16.3 Å². The number of pyridine rings is 1. The number of ether oxygens (including phenoxy) is 1. The average Bonchev–Trinajstić information content (AvgIpc) is 3.47. The van der Waals surface area contributed by atoms with Gasteiger partial charge in [0.1, 0.15) is 5.60 Å². The molecule has 196 valence electrons. The monoisotopic (exact) mass is 539 g/mol. The maximum absolute atomic E-state index is 13.1. The lowest BCUT2D eigenvalue weighted by atomic mass is 9.90. The minimum atomic E-state index is -0.562. The lowest BCUT2D eigenvalue weighted by Crippen LogP contribution is -2.41. The first-order chi connectivity index (χ1) is 17.3. The summed E-state index contributed by atoms with van der Waals surface area (Å²) in [4.78, 5) is 32.6. The molecule has 1 aliphatic rings. The van der Waals surface area contributed by atoms with E-state index >= 15 is 0 Å². The molecule has 0 bridgehead atoms. The van der Waals surface area contributed by atoms with Crippen LogP contribution in [0.3, 0.4) is 0 Å². The van der Waals surface area contributed by atoms with Gasteiger partial charge in [0.15, 0.2) is 0 Å². The van der Waals surface area contributed by atoms with Gasteiger partial charge in [-0.15, -0.1) is 11.3 Å². The first-order valence-electron chi connectivity index (χ1n) is 12.4. The van der Waals surface area contributed by atoms with E-state index < -0.39 is 11.7 Å². The number of thiophene rings is 1. The molecular formula is C29H34ClN3O3S. The standard InChI is InChI=1S/C29H34ClN3O3S/c1-28(2,3)25-15-18(9-11-31-25)24-14-20(17-37-24)22-8-7-19(13-23(22)30)26(34)33-12-10-21(16-33)32-27(35)36-29(4,5)6/h7-9,11,13-15,17,21H,10,12,16H2,1-6H3,(H,32,35)/t21-/m1/s1. The third kappa shape index (κ3) is 6.70. The third-order valence-electron chi connectivity index (χ3n) is 6.14. The zero-order chi connectivity index (χ0) is 27.0. The van der Waals surface area contributed by atoms with E-state index in [-0.39, 0.29) is 17.4 Å². The second-order valence-electron chi connectivity index (χ2n) is 11.5. The second-order valence-corrected chi connectivity index (χ2v) is 12.8. The van der Waals surface area contributed by atoms with Crippen molar-refractivity contribution in [1.29, 1.82) is 0 Å². The summed E-state index contributed by atoms with van der Waals surface area (Å²) < 4.78 is 5.33. The molecule has 2 aromatic heterocycles. The highest BCUT2D eigenvalue weighted by atomic mass is 35.5. The van der Waals surface area contributed by atoms with Crippen LogP contribution in [0, 0.1) is 0 Å². The summed E-state index contributed by atoms with van der Waals surface area (Å²) in [6, 6.07) is 11.6. The van der Waals surface area contributed by atoms with E-state index in [2.05, 4.69) is 48.6 Å². The molecule has 1 aliphatic heterocycles. The number of halogens is 1. The Morgan fingerprint density at radius 2 is 1.84 bits per heavy atom. The molecule has 0 saturated carbocycles. The Morgan fingerprint density at radius 3 is 2.51 bits per heavy atom. The van der Waals surface area contributed by atoms with E-state index in [0.717, 1.165) is 27.3 Å². The van der Waals surface area contributed by atoms with Gasteiger partial charge < -0.3 is 15.0 Å². The van der Waals surface area contributed by atoms with Crippen LogP contribution in [0.2, 0.25) is 5.02 Å². The van der Waals surface area contributed by atoms with Crippen molar-refractivity contribution >= 4 is 34.9 Å². The summed E-state index contributed by atoms with van der Waals surface area (Å²) >= 11 is 8.32. The smallest absolute Gasteiger partial charge is 0.407 e. The van der Waals surface area contributed by atoms with Gasteiger partial charge >= 0.3 is 6.09 Å². The lowest BCUT2D eigenvalue weighted by molar-refractivity contribution is 0.0502. The topological polar surface area (TPSA) is 71.5 Å². The fourth-order valence-corrected chi connectivity index (χ4v) is 5.42. The number of hydrogen-bond donors (Lipinski definition) is 1. The van der Waals surface area contributed by atoms with Crippen molar-refractivity contribution in [3.8, 4) is 21.6 Å². The number of aromatic nitrogens is 1. The van der Waals surface area contributed by atoms with Gasteiger partial charge in [-0.2, -0.15) is 0 Å². The third-order valence-corrected chi connectivity index (χ3v) is 7.43. The highest BCUT2D eigenvalue weighted by Crippen LogP contribution is 2.37. The fourth-order valence-electron chi connectivity index (χ4n) is 4.22. The Balaban J connectivity index is 1.44. The largest absolute Gasteiger partial charge is 0.444 e. The molecule has 0 aliphatic carbocycles. The molecule has 3 heterocycles. The molecule has 1 saturated heterocycles. The van der Waals surface area contributed by atoms with Crippen LogP contribution in [-0.4, -0.2) is 46.6 Å². The van der Waals surface area contributed by atoms with E-state index in [9.17, 15) is 9.59 Å². The van der Waals surface area contributed by atoms with Crippen LogP contribution < -0.4 is 5.32 Å². The summed E-state index contributed by atoms with van der Waals surface area (Å²) in [5.74, 6) is -0.0977. The van der Waals surface area contributed by atoms with E-state index in [1.807, 2.05) is 45.2 Å². The number of carbonyl (C=O) groups excluding carboxylic acids is 2. The normalized spacial score (nSPS) is 16.1. The maximum atomic E-state index is 13.1. The predicted octanol–water partition coefficient (Wildman–Crippen LogP) is 7.17. The van der Waals surface area contributed by atoms with Gasteiger partial charge in [-0.3, -0.25) is 9.78 Å².